The van der Waals surface area contributed by atoms with Gasteiger partial charge in [-0.25, -0.2) is 0 Å². The zero-order chi connectivity index (χ0) is 14.3. The van der Waals surface area contributed by atoms with E-state index in [0.29, 0.717) is 0 Å². The second-order valence-electron chi connectivity index (χ2n) is 4.96. The Bertz CT molecular complexity index is 356. The summed E-state index contributed by atoms with van der Waals surface area (Å²) in [6.45, 7) is 6.71. The lowest BCUT2D eigenvalue weighted by Crippen LogP contribution is -2.29. The lowest BCUT2D eigenvalue weighted by molar-refractivity contribution is -0.532. The maximum absolute atomic E-state index is 11.5. The van der Waals surface area contributed by atoms with E-state index in [1.54, 1.807) is 20.8 Å². The van der Waals surface area contributed by atoms with Gasteiger partial charge < -0.3 is 4.79 Å². The number of nitro groups is 1. The van der Waals surface area contributed by atoms with E-state index in [9.17, 15) is 19.7 Å². The molecule has 0 heterocycles. The van der Waals surface area contributed by atoms with E-state index in [1.807, 2.05) is 0 Å². The van der Waals surface area contributed by atoms with Crippen LogP contribution in [0.1, 0.15) is 47.0 Å². The van der Waals surface area contributed by atoms with Crippen LogP contribution in [0.3, 0.4) is 0 Å². The Kier molecular flexibility index (Phi) is 7.08. The quantitative estimate of drug-likeness (QED) is 0.379. The van der Waals surface area contributed by atoms with Crippen molar-refractivity contribution in [1.29, 1.82) is 0 Å². The van der Waals surface area contributed by atoms with Crippen molar-refractivity contribution in [2.75, 3.05) is 0 Å². The molecular weight excluding hydrogens is 234 g/mol. The van der Waals surface area contributed by atoms with Gasteiger partial charge in [0.1, 0.15) is 5.78 Å². The highest BCUT2D eigenvalue weighted by Crippen LogP contribution is 2.17. The Balaban J connectivity index is 4.46. The molecular formula is C13H21NO4. The van der Waals surface area contributed by atoms with E-state index in [0.717, 1.165) is 5.57 Å². The highest BCUT2D eigenvalue weighted by molar-refractivity contribution is 5.90. The minimum Gasteiger partial charge on any atom is -0.300 e. The minimum atomic E-state index is -0.830. The maximum atomic E-state index is 11.5. The molecule has 0 saturated heterocycles. The van der Waals surface area contributed by atoms with Crippen LogP contribution in [0.5, 0.6) is 0 Å². The molecule has 0 saturated carbocycles. The molecule has 2 atom stereocenters. The number of carbonyl (C=O) groups excluding carboxylic acids is 2. The van der Waals surface area contributed by atoms with Gasteiger partial charge in [-0.3, -0.25) is 14.9 Å². The molecule has 0 aromatic rings. The Hall–Kier alpha value is -1.52. The first-order valence-electron chi connectivity index (χ1n) is 6.04. The van der Waals surface area contributed by atoms with Crippen LogP contribution in [0.15, 0.2) is 11.6 Å². The zero-order valence-electron chi connectivity index (χ0n) is 11.4. The molecule has 0 aliphatic heterocycles. The fraction of sp³-hybridized carbons (Fsp3) is 0.692. The van der Waals surface area contributed by atoms with Gasteiger partial charge in [-0.05, 0) is 26.8 Å². The van der Waals surface area contributed by atoms with Crippen LogP contribution in [0.25, 0.3) is 0 Å². The first-order valence-corrected chi connectivity index (χ1v) is 6.04. The summed E-state index contributed by atoms with van der Waals surface area (Å²) in [4.78, 5) is 33.0. The van der Waals surface area contributed by atoms with Gasteiger partial charge in [-0.1, -0.05) is 12.5 Å². The first-order chi connectivity index (χ1) is 8.23. The maximum Gasteiger partial charge on any atom is 0.216 e. The molecule has 0 aromatic heterocycles. The van der Waals surface area contributed by atoms with Crippen LogP contribution in [0, 0.1) is 16.0 Å². The van der Waals surface area contributed by atoms with Gasteiger partial charge in [0.25, 0.3) is 0 Å². The number of hydrogen-bond donors (Lipinski definition) is 0. The van der Waals surface area contributed by atoms with Gasteiger partial charge in [0, 0.05) is 30.1 Å². The minimum absolute atomic E-state index is 0.0648. The summed E-state index contributed by atoms with van der Waals surface area (Å²) in [5, 5.41) is 10.9. The Morgan fingerprint density at radius 2 is 1.83 bits per heavy atom. The van der Waals surface area contributed by atoms with Crippen LogP contribution in [-0.4, -0.2) is 22.5 Å². The smallest absolute Gasteiger partial charge is 0.216 e. The normalized spacial score (nSPS) is 13.6. The van der Waals surface area contributed by atoms with Crippen molar-refractivity contribution in [1.82, 2.24) is 0 Å². The van der Waals surface area contributed by atoms with E-state index >= 15 is 0 Å². The number of ketones is 2. The molecule has 0 amide bonds. The molecule has 0 aromatic carbocycles. The number of Topliss-reactive ketones (excluding diaryl/α,β-unsaturated/α-hetero) is 1. The summed E-state index contributed by atoms with van der Waals surface area (Å²) in [6, 6.07) is -0.830. The van der Waals surface area contributed by atoms with Gasteiger partial charge >= 0.3 is 0 Å². The predicted molar refractivity (Wildman–Crippen MR) is 68.9 cm³/mol. The van der Waals surface area contributed by atoms with Crippen LogP contribution < -0.4 is 0 Å². The van der Waals surface area contributed by atoms with Crippen molar-refractivity contribution in [3.8, 4) is 0 Å². The lowest BCUT2D eigenvalue weighted by atomic mass is 9.92. The molecule has 2 unspecified atom stereocenters. The molecule has 0 bridgehead atoms. The fourth-order valence-corrected chi connectivity index (χ4v) is 1.87. The van der Waals surface area contributed by atoms with Crippen LogP contribution in [0.4, 0.5) is 0 Å². The van der Waals surface area contributed by atoms with E-state index in [-0.39, 0.29) is 41.7 Å². The first kappa shape index (κ1) is 16.5. The van der Waals surface area contributed by atoms with E-state index in [1.165, 1.54) is 13.0 Å². The second kappa shape index (κ2) is 7.74. The Labute approximate surface area is 107 Å². The van der Waals surface area contributed by atoms with Crippen molar-refractivity contribution in [2.24, 2.45) is 5.92 Å². The second-order valence-corrected chi connectivity index (χ2v) is 4.96. The number of carbonyl (C=O) groups is 2. The molecule has 5 nitrogen and oxygen atoms in total. The van der Waals surface area contributed by atoms with Crippen molar-refractivity contribution in [2.45, 2.75) is 53.0 Å². The Morgan fingerprint density at radius 1 is 1.28 bits per heavy atom. The number of hydrogen-bond acceptors (Lipinski definition) is 4. The third-order valence-corrected chi connectivity index (χ3v) is 2.67. The summed E-state index contributed by atoms with van der Waals surface area (Å²) >= 11 is 0. The SMILES string of the molecule is CC(=O)CC(C)C(CCC(=O)C=C(C)C)[N+](=O)[O-]. The molecule has 102 valence electrons. The van der Waals surface area contributed by atoms with Gasteiger partial charge in [0.2, 0.25) is 6.04 Å². The topological polar surface area (TPSA) is 77.3 Å². The summed E-state index contributed by atoms with van der Waals surface area (Å²) in [7, 11) is 0. The molecule has 18 heavy (non-hydrogen) atoms. The van der Waals surface area contributed by atoms with Crippen LogP contribution >= 0.6 is 0 Å². The number of rotatable bonds is 8. The van der Waals surface area contributed by atoms with Crippen molar-refractivity contribution in [3.05, 3.63) is 21.8 Å². The zero-order valence-corrected chi connectivity index (χ0v) is 11.4. The van der Waals surface area contributed by atoms with E-state index in [4.69, 9.17) is 0 Å². The summed E-state index contributed by atoms with van der Waals surface area (Å²) in [5.74, 6) is -0.501. The fourth-order valence-electron chi connectivity index (χ4n) is 1.87. The van der Waals surface area contributed by atoms with Gasteiger partial charge in [-0.2, -0.15) is 0 Å². The lowest BCUT2D eigenvalue weighted by Gasteiger charge is -2.15. The van der Waals surface area contributed by atoms with Gasteiger partial charge in [-0.15, -0.1) is 0 Å². The van der Waals surface area contributed by atoms with Crippen molar-refractivity contribution in [3.63, 3.8) is 0 Å². The van der Waals surface area contributed by atoms with Crippen molar-refractivity contribution < 1.29 is 14.5 Å². The van der Waals surface area contributed by atoms with Crippen molar-refractivity contribution >= 4 is 11.6 Å². The van der Waals surface area contributed by atoms with E-state index < -0.39 is 6.04 Å². The predicted octanol–water partition coefficient (Wildman–Crippen LogP) is 2.56. The van der Waals surface area contributed by atoms with Crippen LogP contribution in [-0.2, 0) is 9.59 Å². The highest BCUT2D eigenvalue weighted by atomic mass is 16.6. The summed E-state index contributed by atoms with van der Waals surface area (Å²) in [6.07, 6.45) is 2.01. The molecule has 0 aliphatic rings. The van der Waals surface area contributed by atoms with Crippen LogP contribution in [0.2, 0.25) is 0 Å². The average molecular weight is 255 g/mol. The van der Waals surface area contributed by atoms with Gasteiger partial charge in [0.15, 0.2) is 5.78 Å². The molecule has 0 rings (SSSR count). The largest absolute Gasteiger partial charge is 0.300 e. The molecule has 0 aliphatic carbocycles. The Morgan fingerprint density at radius 3 is 2.22 bits per heavy atom. The standard InChI is InChI=1S/C13H21NO4/c1-9(2)7-12(16)5-6-13(14(17)18)10(3)8-11(4)15/h7,10,13H,5-6,8H2,1-4H3. The average Bonchev–Trinajstić information content (AvgIpc) is 2.14. The molecule has 0 radical (unpaired) electrons. The number of nitrogens with zero attached hydrogens (tertiary/aromatic N) is 1. The third-order valence-electron chi connectivity index (χ3n) is 2.67. The van der Waals surface area contributed by atoms with E-state index in [2.05, 4.69) is 0 Å². The number of allylic oxidation sites excluding steroid dienone is 2. The highest BCUT2D eigenvalue weighted by Gasteiger charge is 2.28. The van der Waals surface area contributed by atoms with Gasteiger partial charge in [0.05, 0.1) is 0 Å². The molecule has 5 heteroatoms. The third kappa shape index (κ3) is 6.93. The molecule has 0 N–H and O–H groups in total. The molecule has 0 fully saturated rings. The summed E-state index contributed by atoms with van der Waals surface area (Å²) in [5.41, 5.74) is 0.884. The summed E-state index contributed by atoms with van der Waals surface area (Å²) < 4.78 is 0. The molecule has 0 spiro atoms. The monoisotopic (exact) mass is 255 g/mol.